The molecular formula is C23H36BrN3. The van der Waals surface area contributed by atoms with Gasteiger partial charge in [0.15, 0.2) is 0 Å². The first-order valence-electron chi connectivity index (χ1n) is 10.5. The molecule has 3 N–H and O–H groups in total. The van der Waals surface area contributed by atoms with Crippen molar-refractivity contribution in [2.75, 3.05) is 6.54 Å². The minimum Gasteiger partial charge on any atom is -1.00 e. The maximum absolute atomic E-state index is 5.18. The number of rotatable bonds is 10. The fraction of sp³-hybridized carbons (Fsp3) is 0.565. The number of aromatic nitrogens is 2. The zero-order valence-corrected chi connectivity index (χ0v) is 19.2. The van der Waals surface area contributed by atoms with Crippen molar-refractivity contribution in [3.63, 3.8) is 0 Å². The predicted molar refractivity (Wildman–Crippen MR) is 110 cm³/mol. The van der Waals surface area contributed by atoms with Crippen molar-refractivity contribution in [1.82, 2.24) is 9.97 Å². The molecule has 0 aromatic carbocycles. The van der Waals surface area contributed by atoms with Gasteiger partial charge in [0.1, 0.15) is 0 Å². The average Bonchev–Trinajstić information content (AvgIpc) is 2.69. The summed E-state index contributed by atoms with van der Waals surface area (Å²) in [6.07, 6.45) is 10.7. The van der Waals surface area contributed by atoms with E-state index in [1.54, 1.807) is 0 Å². The van der Waals surface area contributed by atoms with Gasteiger partial charge in [0.25, 0.3) is 0 Å². The zero-order chi connectivity index (χ0) is 18.9. The van der Waals surface area contributed by atoms with Crippen LogP contribution in [0.5, 0.6) is 0 Å². The summed E-state index contributed by atoms with van der Waals surface area (Å²) < 4.78 is 0. The lowest BCUT2D eigenvalue weighted by Crippen LogP contribution is -3.00. The molecule has 0 saturated heterocycles. The van der Waals surface area contributed by atoms with E-state index in [0.29, 0.717) is 0 Å². The van der Waals surface area contributed by atoms with Crippen LogP contribution < -0.4 is 22.7 Å². The van der Waals surface area contributed by atoms with Crippen LogP contribution in [0.2, 0.25) is 0 Å². The Kier molecular flexibility index (Phi) is 10.8. The van der Waals surface area contributed by atoms with E-state index in [-0.39, 0.29) is 17.0 Å². The third-order valence-electron chi connectivity index (χ3n) is 5.24. The fourth-order valence-corrected chi connectivity index (χ4v) is 3.89. The van der Waals surface area contributed by atoms with Crippen molar-refractivity contribution >= 4 is 0 Å². The lowest BCUT2D eigenvalue weighted by molar-refractivity contribution is -0.368. The largest absolute Gasteiger partial charge is 1.00 e. The highest BCUT2D eigenvalue weighted by molar-refractivity contribution is 5.66. The van der Waals surface area contributed by atoms with Crippen LogP contribution in [0.25, 0.3) is 11.4 Å². The molecular weight excluding hydrogens is 398 g/mol. The van der Waals surface area contributed by atoms with Gasteiger partial charge in [-0.1, -0.05) is 40.2 Å². The molecule has 0 radical (unpaired) electrons. The molecule has 0 unspecified atom stereocenters. The van der Waals surface area contributed by atoms with Gasteiger partial charge in [-0.05, 0) is 66.8 Å². The smallest absolute Gasteiger partial charge is 0.0927 e. The van der Waals surface area contributed by atoms with Crippen molar-refractivity contribution in [1.29, 1.82) is 0 Å². The third kappa shape index (κ3) is 5.61. The Hall–Kier alpha value is -1.26. The van der Waals surface area contributed by atoms with Crippen LogP contribution in [0.15, 0.2) is 18.3 Å². The molecule has 2 aromatic heterocycles. The number of quaternary nitrogens is 1. The topological polar surface area (TPSA) is 53.4 Å². The van der Waals surface area contributed by atoms with Gasteiger partial charge in [0.05, 0.1) is 17.9 Å². The number of halogens is 1. The van der Waals surface area contributed by atoms with Gasteiger partial charge >= 0.3 is 0 Å². The van der Waals surface area contributed by atoms with E-state index in [2.05, 4.69) is 45.6 Å². The SMILES string of the molecule is CCCCc1cccnc1-c1nc(CC)c(CC)c(CC)c1CCC[NH3+].[Br-]. The Balaban J connectivity index is 0.00000364. The quantitative estimate of drug-likeness (QED) is 0.614. The number of hydrogen-bond donors (Lipinski definition) is 1. The lowest BCUT2D eigenvalue weighted by Gasteiger charge is -2.21. The van der Waals surface area contributed by atoms with Crippen LogP contribution in [-0.2, 0) is 32.1 Å². The highest BCUT2D eigenvalue weighted by atomic mass is 79.9. The van der Waals surface area contributed by atoms with E-state index in [1.807, 2.05) is 6.20 Å². The minimum absolute atomic E-state index is 0. The maximum Gasteiger partial charge on any atom is 0.0927 e. The molecule has 2 heterocycles. The second-order valence-electron chi connectivity index (χ2n) is 6.98. The van der Waals surface area contributed by atoms with E-state index < -0.39 is 0 Å². The van der Waals surface area contributed by atoms with Crippen LogP contribution >= 0.6 is 0 Å². The summed E-state index contributed by atoms with van der Waals surface area (Å²) in [5.74, 6) is 0. The van der Waals surface area contributed by atoms with Crippen molar-refractivity contribution < 1.29 is 22.7 Å². The molecule has 0 aliphatic carbocycles. The minimum atomic E-state index is 0. The van der Waals surface area contributed by atoms with Gasteiger partial charge in [-0.2, -0.15) is 0 Å². The van der Waals surface area contributed by atoms with Gasteiger partial charge in [0, 0.05) is 18.3 Å². The molecule has 0 saturated carbocycles. The van der Waals surface area contributed by atoms with Crippen LogP contribution in [-0.4, -0.2) is 16.5 Å². The van der Waals surface area contributed by atoms with Crippen LogP contribution in [0.1, 0.15) is 74.9 Å². The van der Waals surface area contributed by atoms with E-state index in [1.165, 1.54) is 40.8 Å². The predicted octanol–water partition coefficient (Wildman–Crippen LogP) is 1.35. The summed E-state index contributed by atoms with van der Waals surface area (Å²) in [5, 5.41) is 0. The van der Waals surface area contributed by atoms with Crippen molar-refractivity contribution in [3.05, 3.63) is 46.3 Å². The summed E-state index contributed by atoms with van der Waals surface area (Å²) >= 11 is 0. The molecule has 0 spiro atoms. The second-order valence-corrected chi connectivity index (χ2v) is 6.98. The standard InChI is InChI=1S/C23H35N3.BrH/c1-5-9-12-17-13-11-16-25-22(17)23-20(14-10-15-24)18(6-2)19(7-3)21(8-4)26-23;/h11,13,16H,5-10,12,14-15,24H2,1-4H3;1H. The molecule has 0 aliphatic rings. The van der Waals surface area contributed by atoms with Gasteiger partial charge in [-0.25, -0.2) is 0 Å². The molecule has 27 heavy (non-hydrogen) atoms. The molecule has 150 valence electrons. The van der Waals surface area contributed by atoms with Crippen LogP contribution in [0.3, 0.4) is 0 Å². The first kappa shape index (κ1) is 23.8. The van der Waals surface area contributed by atoms with Crippen molar-refractivity contribution in [3.8, 4) is 11.4 Å². The van der Waals surface area contributed by atoms with E-state index in [0.717, 1.165) is 56.5 Å². The molecule has 0 bridgehead atoms. The highest BCUT2D eigenvalue weighted by Crippen LogP contribution is 2.32. The molecule has 0 fully saturated rings. The fourth-order valence-electron chi connectivity index (χ4n) is 3.89. The van der Waals surface area contributed by atoms with E-state index in [9.17, 15) is 0 Å². The Morgan fingerprint density at radius 1 is 0.852 bits per heavy atom. The first-order valence-corrected chi connectivity index (χ1v) is 10.5. The highest BCUT2D eigenvalue weighted by Gasteiger charge is 2.20. The van der Waals surface area contributed by atoms with Gasteiger partial charge in [0.2, 0.25) is 0 Å². The number of hydrogen-bond acceptors (Lipinski definition) is 2. The average molecular weight is 434 g/mol. The number of aryl methyl sites for hydroxylation is 2. The number of nitrogens with zero attached hydrogens (tertiary/aromatic N) is 2. The molecule has 2 aromatic rings. The summed E-state index contributed by atoms with van der Waals surface area (Å²) in [6.45, 7) is 9.96. The number of unbranched alkanes of at least 4 members (excludes halogenated alkanes) is 1. The second kappa shape index (κ2) is 12.2. The van der Waals surface area contributed by atoms with E-state index >= 15 is 0 Å². The molecule has 0 aliphatic heterocycles. The Labute approximate surface area is 176 Å². The van der Waals surface area contributed by atoms with Crippen LogP contribution in [0, 0.1) is 0 Å². The third-order valence-corrected chi connectivity index (χ3v) is 5.24. The first-order chi connectivity index (χ1) is 12.7. The number of pyridine rings is 2. The van der Waals surface area contributed by atoms with Gasteiger partial charge < -0.3 is 22.7 Å². The zero-order valence-electron chi connectivity index (χ0n) is 17.6. The van der Waals surface area contributed by atoms with Crippen molar-refractivity contribution in [2.24, 2.45) is 0 Å². The summed E-state index contributed by atoms with van der Waals surface area (Å²) in [7, 11) is 0. The molecule has 2 rings (SSSR count). The van der Waals surface area contributed by atoms with Gasteiger partial charge in [-0.3, -0.25) is 9.97 Å². The van der Waals surface area contributed by atoms with Gasteiger partial charge in [-0.15, -0.1) is 0 Å². The lowest BCUT2D eigenvalue weighted by atomic mass is 9.89. The molecule has 0 amide bonds. The van der Waals surface area contributed by atoms with Crippen molar-refractivity contribution in [2.45, 2.75) is 79.1 Å². The Bertz CT molecular complexity index is 713. The summed E-state index contributed by atoms with van der Waals surface area (Å²) in [5.41, 5.74) is 13.3. The summed E-state index contributed by atoms with van der Waals surface area (Å²) in [4.78, 5) is 9.98. The normalized spacial score (nSPS) is 10.7. The van der Waals surface area contributed by atoms with E-state index in [4.69, 9.17) is 9.97 Å². The molecule has 3 nitrogen and oxygen atoms in total. The maximum atomic E-state index is 5.18. The summed E-state index contributed by atoms with van der Waals surface area (Å²) in [6, 6.07) is 4.29. The molecule has 4 heteroatoms. The monoisotopic (exact) mass is 433 g/mol. The Morgan fingerprint density at radius 3 is 2.19 bits per heavy atom. The molecule has 0 atom stereocenters. The Morgan fingerprint density at radius 2 is 1.59 bits per heavy atom. The van der Waals surface area contributed by atoms with Crippen LogP contribution in [0.4, 0.5) is 0 Å².